The van der Waals surface area contributed by atoms with Gasteiger partial charge in [-0.2, -0.15) is 4.72 Å². The number of rotatable bonds is 7. The maximum absolute atomic E-state index is 13.3. The average Bonchev–Trinajstić information content (AvgIpc) is 2.80. The van der Waals surface area contributed by atoms with E-state index in [1.54, 1.807) is 36.5 Å². The number of carbonyl (C=O) groups excluding carboxylic acids is 1. The molecule has 7 heteroatoms. The van der Waals surface area contributed by atoms with E-state index in [0.717, 1.165) is 11.1 Å². The molecule has 0 aliphatic heterocycles. The molecule has 0 saturated carbocycles. The molecule has 0 bridgehead atoms. The fourth-order valence-electron chi connectivity index (χ4n) is 3.51. The first-order valence-electron chi connectivity index (χ1n) is 10.2. The Hall–Kier alpha value is -3.55. The van der Waals surface area contributed by atoms with Crippen molar-refractivity contribution in [2.45, 2.75) is 24.3 Å². The number of anilines is 1. The zero-order chi connectivity index (χ0) is 22.6. The number of nitrogens with one attached hydrogen (secondary N) is 2. The Bertz CT molecular complexity index is 1350. The maximum atomic E-state index is 13.3. The lowest BCUT2D eigenvalue weighted by Gasteiger charge is -2.20. The van der Waals surface area contributed by atoms with Crippen LogP contribution in [-0.4, -0.2) is 25.4 Å². The van der Waals surface area contributed by atoms with Crippen LogP contribution in [0.1, 0.15) is 11.1 Å². The van der Waals surface area contributed by atoms with E-state index in [2.05, 4.69) is 15.0 Å². The molecular weight excluding hydrogens is 422 g/mol. The van der Waals surface area contributed by atoms with Gasteiger partial charge in [-0.15, -0.1) is 0 Å². The summed E-state index contributed by atoms with van der Waals surface area (Å²) in [4.78, 5) is 17.5. The van der Waals surface area contributed by atoms with E-state index in [9.17, 15) is 13.2 Å². The normalized spacial score (nSPS) is 12.4. The highest BCUT2D eigenvalue weighted by molar-refractivity contribution is 7.89. The van der Waals surface area contributed by atoms with Gasteiger partial charge in [0.25, 0.3) is 0 Å². The van der Waals surface area contributed by atoms with Crippen molar-refractivity contribution in [2.75, 3.05) is 5.32 Å². The van der Waals surface area contributed by atoms with Gasteiger partial charge >= 0.3 is 0 Å². The van der Waals surface area contributed by atoms with E-state index >= 15 is 0 Å². The molecule has 1 unspecified atom stereocenters. The second kappa shape index (κ2) is 9.30. The molecule has 3 aromatic carbocycles. The first-order valence-corrected chi connectivity index (χ1v) is 11.7. The van der Waals surface area contributed by atoms with Crippen LogP contribution in [0.15, 0.2) is 96.0 Å². The van der Waals surface area contributed by atoms with Crippen molar-refractivity contribution in [1.29, 1.82) is 0 Å². The van der Waals surface area contributed by atoms with Crippen molar-refractivity contribution < 1.29 is 13.2 Å². The van der Waals surface area contributed by atoms with Gasteiger partial charge in [-0.25, -0.2) is 8.42 Å². The van der Waals surface area contributed by atoms with E-state index < -0.39 is 22.0 Å². The zero-order valence-electron chi connectivity index (χ0n) is 17.5. The van der Waals surface area contributed by atoms with Crippen molar-refractivity contribution >= 4 is 32.5 Å². The van der Waals surface area contributed by atoms with Crippen molar-refractivity contribution in [3.8, 4) is 0 Å². The number of para-hydroxylation sites is 2. The van der Waals surface area contributed by atoms with Crippen molar-refractivity contribution in [3.05, 3.63) is 102 Å². The Morgan fingerprint density at radius 2 is 1.62 bits per heavy atom. The third-order valence-electron chi connectivity index (χ3n) is 5.18. The summed E-state index contributed by atoms with van der Waals surface area (Å²) in [6.07, 6.45) is 1.75. The number of amides is 1. The van der Waals surface area contributed by atoms with Gasteiger partial charge in [-0.3, -0.25) is 9.78 Å². The monoisotopic (exact) mass is 445 g/mol. The van der Waals surface area contributed by atoms with Crippen LogP contribution in [0.4, 0.5) is 5.69 Å². The number of carbonyl (C=O) groups is 1. The molecule has 0 aliphatic carbocycles. The van der Waals surface area contributed by atoms with Gasteiger partial charge in [-0.1, -0.05) is 66.7 Å². The van der Waals surface area contributed by atoms with Crippen LogP contribution in [0.25, 0.3) is 10.9 Å². The highest BCUT2D eigenvalue weighted by atomic mass is 32.2. The molecule has 2 N–H and O–H groups in total. The number of benzene rings is 3. The Labute approximate surface area is 187 Å². The second-order valence-corrected chi connectivity index (χ2v) is 9.18. The van der Waals surface area contributed by atoms with E-state index in [0.29, 0.717) is 16.6 Å². The van der Waals surface area contributed by atoms with Crippen LogP contribution < -0.4 is 10.0 Å². The Morgan fingerprint density at radius 3 is 2.41 bits per heavy atom. The molecule has 6 nitrogen and oxygen atoms in total. The zero-order valence-corrected chi connectivity index (χ0v) is 18.3. The third-order valence-corrected chi connectivity index (χ3v) is 6.69. The fraction of sp³-hybridized carbons (Fsp3) is 0.120. The summed E-state index contributed by atoms with van der Waals surface area (Å²) in [5.74, 6) is -0.431. The lowest BCUT2D eigenvalue weighted by molar-refractivity contribution is -0.117. The summed E-state index contributed by atoms with van der Waals surface area (Å²) in [6.45, 7) is 1.88. The number of fused-ring (bicyclic) bond motifs is 1. The molecule has 4 rings (SSSR count). The average molecular weight is 446 g/mol. The molecule has 1 aromatic heterocycles. The molecule has 1 heterocycles. The quantitative estimate of drug-likeness (QED) is 0.449. The SMILES string of the molecule is Cc1ccccc1NC(=O)C(Cc1ccccc1)NS(=O)(=O)c1cccc2cccnc12. The van der Waals surface area contributed by atoms with Crippen LogP contribution in [-0.2, 0) is 21.2 Å². The largest absolute Gasteiger partial charge is 0.324 e. The van der Waals surface area contributed by atoms with Gasteiger partial charge in [0.1, 0.15) is 10.9 Å². The highest BCUT2D eigenvalue weighted by Gasteiger charge is 2.28. The predicted molar refractivity (Wildman–Crippen MR) is 126 cm³/mol. The van der Waals surface area contributed by atoms with Crippen LogP contribution in [0, 0.1) is 6.92 Å². The molecule has 0 spiro atoms. The molecule has 4 aromatic rings. The fourth-order valence-corrected chi connectivity index (χ4v) is 4.89. The molecule has 0 fully saturated rings. The van der Waals surface area contributed by atoms with Gasteiger partial charge < -0.3 is 5.32 Å². The standard InChI is InChI=1S/C25H23N3O3S/c1-18-9-5-6-14-21(18)27-25(29)22(17-19-10-3-2-4-11-19)28-32(30,31)23-15-7-12-20-13-8-16-26-24(20)23/h2-16,22,28H,17H2,1H3,(H,27,29). The van der Waals surface area contributed by atoms with Crippen LogP contribution in [0.5, 0.6) is 0 Å². The van der Waals surface area contributed by atoms with Crippen molar-refractivity contribution in [1.82, 2.24) is 9.71 Å². The molecular formula is C25H23N3O3S. The summed E-state index contributed by atoms with van der Waals surface area (Å²) in [6, 6.07) is 24.2. The lowest BCUT2D eigenvalue weighted by Crippen LogP contribution is -2.45. The molecule has 0 saturated heterocycles. The maximum Gasteiger partial charge on any atom is 0.243 e. The first-order chi connectivity index (χ1) is 15.4. The van der Waals surface area contributed by atoms with Gasteiger partial charge in [-0.05, 0) is 42.7 Å². The van der Waals surface area contributed by atoms with E-state index in [4.69, 9.17) is 0 Å². The van der Waals surface area contributed by atoms with Gasteiger partial charge in [0, 0.05) is 17.3 Å². The molecule has 0 radical (unpaired) electrons. The third kappa shape index (κ3) is 4.85. The number of sulfonamides is 1. The van der Waals surface area contributed by atoms with Gasteiger partial charge in [0.05, 0.1) is 5.52 Å². The minimum Gasteiger partial charge on any atom is -0.324 e. The molecule has 0 aliphatic rings. The summed E-state index contributed by atoms with van der Waals surface area (Å²) >= 11 is 0. The van der Waals surface area contributed by atoms with Gasteiger partial charge in [0.2, 0.25) is 15.9 Å². The topological polar surface area (TPSA) is 88.2 Å². The Morgan fingerprint density at radius 1 is 0.906 bits per heavy atom. The molecule has 1 atom stereocenters. The predicted octanol–water partition coefficient (Wildman–Crippen LogP) is 4.07. The van der Waals surface area contributed by atoms with Crippen molar-refractivity contribution in [2.24, 2.45) is 0 Å². The number of pyridine rings is 1. The minimum absolute atomic E-state index is 0.0392. The molecule has 162 valence electrons. The van der Waals surface area contributed by atoms with Crippen LogP contribution in [0.2, 0.25) is 0 Å². The van der Waals surface area contributed by atoms with Crippen molar-refractivity contribution in [3.63, 3.8) is 0 Å². The first kappa shape index (κ1) is 21.7. The summed E-state index contributed by atoms with van der Waals surface area (Å²) < 4.78 is 29.3. The number of aryl methyl sites for hydroxylation is 1. The molecule has 32 heavy (non-hydrogen) atoms. The molecule has 1 amide bonds. The van der Waals surface area contributed by atoms with E-state index in [1.165, 1.54) is 6.07 Å². The summed E-state index contributed by atoms with van der Waals surface area (Å²) in [7, 11) is -4.03. The van der Waals surface area contributed by atoms with E-state index in [1.807, 2.05) is 55.5 Å². The Kier molecular flexibility index (Phi) is 6.30. The van der Waals surface area contributed by atoms with Crippen LogP contribution in [0.3, 0.4) is 0 Å². The Balaban J connectivity index is 1.67. The number of nitrogens with zero attached hydrogens (tertiary/aromatic N) is 1. The van der Waals surface area contributed by atoms with Gasteiger partial charge in [0.15, 0.2) is 0 Å². The number of hydrogen-bond donors (Lipinski definition) is 2. The summed E-state index contributed by atoms with van der Waals surface area (Å²) in [5.41, 5.74) is 2.73. The highest BCUT2D eigenvalue weighted by Crippen LogP contribution is 2.22. The summed E-state index contributed by atoms with van der Waals surface area (Å²) in [5, 5.41) is 3.57. The number of aromatic nitrogens is 1. The van der Waals surface area contributed by atoms with E-state index in [-0.39, 0.29) is 11.3 Å². The lowest BCUT2D eigenvalue weighted by atomic mass is 10.1. The second-order valence-electron chi connectivity index (χ2n) is 7.50. The minimum atomic E-state index is -4.03. The number of hydrogen-bond acceptors (Lipinski definition) is 4. The smallest absolute Gasteiger partial charge is 0.243 e. The van der Waals surface area contributed by atoms with Crippen LogP contribution >= 0.6 is 0 Å².